The fraction of sp³-hybridized carbons (Fsp3) is 0.385. The van der Waals surface area contributed by atoms with Crippen LogP contribution in [-0.2, 0) is 21.3 Å². The van der Waals surface area contributed by atoms with Crippen molar-refractivity contribution in [2.45, 2.75) is 25.6 Å². The molecule has 0 fully saturated rings. The van der Waals surface area contributed by atoms with Crippen LogP contribution >= 0.6 is 15.9 Å². The predicted molar refractivity (Wildman–Crippen MR) is 69.4 cm³/mol. The maximum Gasteiger partial charge on any atom is 0.338 e. The SMILES string of the molecule is CCOC(=O)c1ccc(CC(C)=O)cc1CBr. The Balaban J connectivity index is 3.00. The van der Waals surface area contributed by atoms with E-state index >= 15 is 0 Å². The van der Waals surface area contributed by atoms with Crippen LogP contribution in [0.5, 0.6) is 0 Å². The predicted octanol–water partition coefficient (Wildman–Crippen LogP) is 2.89. The average Bonchev–Trinajstić information content (AvgIpc) is 2.28. The third kappa shape index (κ3) is 3.97. The summed E-state index contributed by atoms with van der Waals surface area (Å²) >= 11 is 3.34. The van der Waals surface area contributed by atoms with Crippen LogP contribution in [-0.4, -0.2) is 18.4 Å². The van der Waals surface area contributed by atoms with Crippen molar-refractivity contribution in [2.24, 2.45) is 0 Å². The van der Waals surface area contributed by atoms with Crippen molar-refractivity contribution >= 4 is 27.7 Å². The summed E-state index contributed by atoms with van der Waals surface area (Å²) in [4.78, 5) is 22.7. The van der Waals surface area contributed by atoms with Gasteiger partial charge in [-0.2, -0.15) is 0 Å². The van der Waals surface area contributed by atoms with Gasteiger partial charge in [-0.15, -0.1) is 0 Å². The zero-order valence-electron chi connectivity index (χ0n) is 9.96. The Kier molecular flexibility index (Phi) is 5.35. The van der Waals surface area contributed by atoms with Crippen molar-refractivity contribution in [3.8, 4) is 0 Å². The molecule has 0 aliphatic carbocycles. The second-order valence-corrected chi connectivity index (χ2v) is 4.29. The summed E-state index contributed by atoms with van der Waals surface area (Å²) < 4.78 is 4.96. The smallest absolute Gasteiger partial charge is 0.338 e. The number of Topliss-reactive ketones (excluding diaryl/α,β-unsaturated/α-hetero) is 1. The van der Waals surface area contributed by atoms with Crippen LogP contribution in [0.3, 0.4) is 0 Å². The zero-order valence-corrected chi connectivity index (χ0v) is 11.5. The Morgan fingerprint density at radius 1 is 1.35 bits per heavy atom. The molecule has 0 spiro atoms. The average molecular weight is 299 g/mol. The zero-order chi connectivity index (χ0) is 12.8. The molecule has 0 heterocycles. The largest absolute Gasteiger partial charge is 0.462 e. The molecule has 92 valence electrons. The minimum Gasteiger partial charge on any atom is -0.462 e. The van der Waals surface area contributed by atoms with Crippen molar-refractivity contribution in [3.05, 3.63) is 34.9 Å². The fourth-order valence-corrected chi connectivity index (χ4v) is 2.03. The molecule has 0 aromatic heterocycles. The first kappa shape index (κ1) is 13.9. The molecule has 0 radical (unpaired) electrons. The van der Waals surface area contributed by atoms with E-state index in [9.17, 15) is 9.59 Å². The van der Waals surface area contributed by atoms with E-state index in [0.717, 1.165) is 11.1 Å². The van der Waals surface area contributed by atoms with Gasteiger partial charge in [0.1, 0.15) is 5.78 Å². The highest BCUT2D eigenvalue weighted by atomic mass is 79.9. The van der Waals surface area contributed by atoms with Gasteiger partial charge in [0.2, 0.25) is 0 Å². The van der Waals surface area contributed by atoms with E-state index in [1.54, 1.807) is 26.0 Å². The van der Waals surface area contributed by atoms with Crippen molar-refractivity contribution in [2.75, 3.05) is 6.61 Å². The molecule has 1 aromatic carbocycles. The lowest BCUT2D eigenvalue weighted by molar-refractivity contribution is -0.116. The van der Waals surface area contributed by atoms with Crippen molar-refractivity contribution < 1.29 is 14.3 Å². The topological polar surface area (TPSA) is 43.4 Å². The number of rotatable bonds is 5. The Morgan fingerprint density at radius 2 is 2.06 bits per heavy atom. The Labute approximate surface area is 109 Å². The van der Waals surface area contributed by atoms with Crippen molar-refractivity contribution in [3.63, 3.8) is 0 Å². The minimum absolute atomic E-state index is 0.106. The number of hydrogen-bond acceptors (Lipinski definition) is 3. The van der Waals surface area contributed by atoms with Crippen LogP contribution in [0.4, 0.5) is 0 Å². The highest BCUT2D eigenvalue weighted by Gasteiger charge is 2.12. The van der Waals surface area contributed by atoms with Crippen LogP contribution in [0.2, 0.25) is 0 Å². The maximum atomic E-state index is 11.6. The summed E-state index contributed by atoms with van der Waals surface area (Å²) in [5.41, 5.74) is 2.32. The number of halogens is 1. The van der Waals surface area contributed by atoms with Gasteiger partial charge in [0.05, 0.1) is 12.2 Å². The van der Waals surface area contributed by atoms with Gasteiger partial charge in [-0.05, 0) is 31.0 Å². The molecule has 0 unspecified atom stereocenters. The first-order valence-corrected chi connectivity index (χ1v) is 6.55. The van der Waals surface area contributed by atoms with Gasteiger partial charge in [-0.1, -0.05) is 28.1 Å². The Bertz CT molecular complexity index is 427. The molecule has 0 saturated carbocycles. The van der Waals surface area contributed by atoms with Gasteiger partial charge in [-0.3, -0.25) is 4.79 Å². The molecule has 17 heavy (non-hydrogen) atoms. The van der Waals surface area contributed by atoms with E-state index in [4.69, 9.17) is 4.74 Å². The van der Waals surface area contributed by atoms with Crippen LogP contribution in [0.15, 0.2) is 18.2 Å². The lowest BCUT2D eigenvalue weighted by atomic mass is 10.0. The molecule has 4 heteroatoms. The number of alkyl halides is 1. The number of ketones is 1. The Morgan fingerprint density at radius 3 is 2.59 bits per heavy atom. The van der Waals surface area contributed by atoms with Crippen LogP contribution in [0, 0.1) is 0 Å². The summed E-state index contributed by atoms with van der Waals surface area (Å²) in [5.74, 6) is -0.217. The lowest BCUT2D eigenvalue weighted by Crippen LogP contribution is -2.08. The number of esters is 1. The quantitative estimate of drug-likeness (QED) is 0.620. The summed E-state index contributed by atoms with van der Waals surface area (Å²) in [6.07, 6.45) is 0.392. The summed E-state index contributed by atoms with van der Waals surface area (Å²) in [7, 11) is 0. The molecule has 1 aromatic rings. The number of ether oxygens (including phenoxy) is 1. The molecule has 0 N–H and O–H groups in total. The van der Waals surface area contributed by atoms with E-state index in [1.165, 1.54) is 0 Å². The van der Waals surface area contributed by atoms with Gasteiger partial charge in [-0.25, -0.2) is 4.79 Å². The maximum absolute atomic E-state index is 11.6. The summed E-state index contributed by atoms with van der Waals surface area (Å²) in [6, 6.07) is 5.37. The van der Waals surface area contributed by atoms with Gasteiger partial charge in [0.25, 0.3) is 0 Å². The molecule has 0 bridgehead atoms. The summed E-state index contributed by atoms with van der Waals surface area (Å²) in [5, 5.41) is 0.562. The second kappa shape index (κ2) is 6.55. The van der Waals surface area contributed by atoms with Crippen LogP contribution in [0.1, 0.15) is 35.3 Å². The number of hydrogen-bond donors (Lipinski definition) is 0. The molecule has 0 amide bonds. The first-order valence-electron chi connectivity index (χ1n) is 5.42. The highest BCUT2D eigenvalue weighted by Crippen LogP contribution is 2.17. The molecule has 3 nitrogen and oxygen atoms in total. The van der Waals surface area contributed by atoms with E-state index in [-0.39, 0.29) is 11.8 Å². The normalized spacial score (nSPS) is 10.1. The van der Waals surface area contributed by atoms with E-state index < -0.39 is 0 Å². The second-order valence-electron chi connectivity index (χ2n) is 3.72. The van der Waals surface area contributed by atoms with Gasteiger partial charge < -0.3 is 4.74 Å². The molecule has 0 saturated heterocycles. The highest BCUT2D eigenvalue weighted by molar-refractivity contribution is 9.08. The van der Waals surface area contributed by atoms with Crippen LogP contribution in [0.25, 0.3) is 0 Å². The molecule has 0 aliphatic heterocycles. The lowest BCUT2D eigenvalue weighted by Gasteiger charge is -2.08. The standard InChI is InChI=1S/C13H15BrO3/c1-3-17-13(16)12-5-4-10(6-9(2)15)7-11(12)8-14/h4-5,7H,3,6,8H2,1-2H3. The van der Waals surface area contributed by atoms with Crippen molar-refractivity contribution in [1.82, 2.24) is 0 Å². The number of carbonyl (C=O) groups excluding carboxylic acids is 2. The fourth-order valence-electron chi connectivity index (χ4n) is 1.56. The van der Waals surface area contributed by atoms with Gasteiger partial charge >= 0.3 is 5.97 Å². The molecule has 0 atom stereocenters. The molecule has 1 rings (SSSR count). The van der Waals surface area contributed by atoms with E-state index in [0.29, 0.717) is 23.9 Å². The van der Waals surface area contributed by atoms with Crippen LogP contribution < -0.4 is 0 Å². The molecule has 0 aliphatic rings. The third-order valence-electron chi connectivity index (χ3n) is 2.26. The first-order chi connectivity index (χ1) is 8.08. The summed E-state index contributed by atoms with van der Waals surface area (Å²) in [6.45, 7) is 3.68. The number of carbonyl (C=O) groups is 2. The Hall–Kier alpha value is -1.16. The van der Waals surface area contributed by atoms with E-state index in [2.05, 4.69) is 15.9 Å². The van der Waals surface area contributed by atoms with E-state index in [1.807, 2.05) is 6.07 Å². The van der Waals surface area contributed by atoms with Gasteiger partial charge in [0, 0.05) is 11.8 Å². The van der Waals surface area contributed by atoms with Crippen molar-refractivity contribution in [1.29, 1.82) is 0 Å². The third-order valence-corrected chi connectivity index (χ3v) is 2.87. The molecular weight excluding hydrogens is 284 g/mol. The monoisotopic (exact) mass is 298 g/mol. The number of benzene rings is 1. The molecular formula is C13H15BrO3. The minimum atomic E-state index is -0.323. The van der Waals surface area contributed by atoms with Gasteiger partial charge in [0.15, 0.2) is 0 Å².